The second kappa shape index (κ2) is 3.99. The van der Waals surface area contributed by atoms with E-state index in [0.29, 0.717) is 17.6 Å². The third-order valence-electron chi connectivity index (χ3n) is 3.23. The van der Waals surface area contributed by atoms with Gasteiger partial charge in [0.1, 0.15) is 23.2 Å². The van der Waals surface area contributed by atoms with Gasteiger partial charge < -0.3 is 10.3 Å². The number of halogens is 2. The Bertz CT molecular complexity index is 617. The Balaban J connectivity index is 2.11. The van der Waals surface area contributed by atoms with Crippen LogP contribution in [-0.2, 0) is 0 Å². The molecule has 1 heterocycles. The van der Waals surface area contributed by atoms with E-state index in [1.807, 2.05) is 11.5 Å². The molecule has 1 aliphatic rings. The lowest BCUT2D eigenvalue weighted by Gasteiger charge is -2.05. The summed E-state index contributed by atoms with van der Waals surface area (Å²) in [5.41, 5.74) is 7.56. The maximum Gasteiger partial charge on any atom is 0.141 e. The number of hydrogen-bond acceptors (Lipinski definition) is 2. The number of nitrogens with zero attached hydrogens (tertiary/aromatic N) is 2. The van der Waals surface area contributed by atoms with Crippen LogP contribution in [0.1, 0.15) is 24.7 Å². The molecule has 3 nitrogen and oxygen atoms in total. The molecule has 5 heteroatoms. The highest BCUT2D eigenvalue weighted by molar-refractivity contribution is 6.31. The van der Waals surface area contributed by atoms with Crippen LogP contribution in [0.2, 0.25) is 5.02 Å². The molecule has 0 saturated heterocycles. The molecule has 0 radical (unpaired) electrons. The summed E-state index contributed by atoms with van der Waals surface area (Å²) in [5.74, 6) is 1.10. The highest BCUT2D eigenvalue weighted by Gasteiger charge is 2.28. The largest absolute Gasteiger partial charge is 0.383 e. The Kier molecular flexibility index (Phi) is 2.55. The van der Waals surface area contributed by atoms with Gasteiger partial charge in [-0.15, -0.1) is 0 Å². The molecule has 1 saturated carbocycles. The van der Waals surface area contributed by atoms with Gasteiger partial charge in [-0.2, -0.15) is 0 Å². The van der Waals surface area contributed by atoms with Crippen molar-refractivity contribution in [1.29, 1.82) is 0 Å². The second-order valence-electron chi connectivity index (χ2n) is 4.62. The van der Waals surface area contributed by atoms with Crippen molar-refractivity contribution in [3.05, 3.63) is 34.9 Å². The van der Waals surface area contributed by atoms with Crippen molar-refractivity contribution in [2.75, 3.05) is 5.73 Å². The van der Waals surface area contributed by atoms with Gasteiger partial charge in [-0.25, -0.2) is 9.37 Å². The number of aromatic nitrogens is 2. The Labute approximate surface area is 109 Å². The van der Waals surface area contributed by atoms with Gasteiger partial charge >= 0.3 is 0 Å². The zero-order valence-electron chi connectivity index (χ0n) is 9.95. The standard InChI is InChI=1S/C13H13ClFN3/c1-7-17-12(13(16)18(7)9-3-4-9)8-2-5-11(15)10(14)6-8/h2,5-6,9H,3-4,16H2,1H3. The van der Waals surface area contributed by atoms with E-state index >= 15 is 0 Å². The van der Waals surface area contributed by atoms with Gasteiger partial charge in [0.05, 0.1) is 5.02 Å². The van der Waals surface area contributed by atoms with E-state index in [9.17, 15) is 4.39 Å². The van der Waals surface area contributed by atoms with Crippen LogP contribution >= 0.6 is 11.6 Å². The van der Waals surface area contributed by atoms with Crippen LogP contribution < -0.4 is 5.73 Å². The van der Waals surface area contributed by atoms with Gasteiger partial charge in [0.15, 0.2) is 0 Å². The summed E-state index contributed by atoms with van der Waals surface area (Å²) in [7, 11) is 0. The number of hydrogen-bond donors (Lipinski definition) is 1. The fraction of sp³-hybridized carbons (Fsp3) is 0.308. The van der Waals surface area contributed by atoms with Gasteiger partial charge in [0, 0.05) is 11.6 Å². The molecule has 0 bridgehead atoms. The van der Waals surface area contributed by atoms with Crippen LogP contribution in [-0.4, -0.2) is 9.55 Å². The van der Waals surface area contributed by atoms with Crippen LogP contribution in [0, 0.1) is 12.7 Å². The highest BCUT2D eigenvalue weighted by Crippen LogP contribution is 2.40. The van der Waals surface area contributed by atoms with Crippen LogP contribution in [0.25, 0.3) is 11.3 Å². The van der Waals surface area contributed by atoms with E-state index in [-0.39, 0.29) is 5.02 Å². The molecule has 0 aliphatic heterocycles. The minimum Gasteiger partial charge on any atom is -0.383 e. The number of anilines is 1. The smallest absolute Gasteiger partial charge is 0.141 e. The molecule has 0 amide bonds. The fourth-order valence-corrected chi connectivity index (χ4v) is 2.39. The number of nitrogens with two attached hydrogens (primary N) is 1. The van der Waals surface area contributed by atoms with Crippen LogP contribution in [0.4, 0.5) is 10.2 Å². The summed E-state index contributed by atoms with van der Waals surface area (Å²) in [5, 5.41) is 0.0884. The number of nitrogen functional groups attached to an aromatic ring is 1. The van der Waals surface area contributed by atoms with Crippen molar-refractivity contribution in [1.82, 2.24) is 9.55 Å². The molecule has 1 aromatic heterocycles. The topological polar surface area (TPSA) is 43.8 Å². The lowest BCUT2D eigenvalue weighted by Crippen LogP contribution is -2.02. The lowest BCUT2D eigenvalue weighted by molar-refractivity contribution is 0.628. The quantitative estimate of drug-likeness (QED) is 0.902. The lowest BCUT2D eigenvalue weighted by atomic mass is 10.1. The summed E-state index contributed by atoms with van der Waals surface area (Å²) >= 11 is 5.79. The van der Waals surface area contributed by atoms with E-state index < -0.39 is 5.82 Å². The van der Waals surface area contributed by atoms with Crippen molar-refractivity contribution < 1.29 is 4.39 Å². The Hall–Kier alpha value is -1.55. The van der Waals surface area contributed by atoms with Crippen molar-refractivity contribution in [3.8, 4) is 11.3 Å². The molecule has 3 rings (SSSR count). The van der Waals surface area contributed by atoms with Crippen LogP contribution in [0.15, 0.2) is 18.2 Å². The molecule has 94 valence electrons. The second-order valence-corrected chi connectivity index (χ2v) is 5.03. The van der Waals surface area contributed by atoms with Crippen molar-refractivity contribution in [3.63, 3.8) is 0 Å². The first-order valence-electron chi connectivity index (χ1n) is 5.87. The summed E-state index contributed by atoms with van der Waals surface area (Å²) in [6, 6.07) is 5.02. The van der Waals surface area contributed by atoms with Gasteiger partial charge in [0.25, 0.3) is 0 Å². The summed E-state index contributed by atoms with van der Waals surface area (Å²) in [6.45, 7) is 1.93. The Morgan fingerprint density at radius 3 is 2.78 bits per heavy atom. The first kappa shape index (κ1) is 11.5. The van der Waals surface area contributed by atoms with Crippen molar-refractivity contribution >= 4 is 17.4 Å². The third kappa shape index (κ3) is 1.77. The average molecular weight is 266 g/mol. The Morgan fingerprint density at radius 1 is 1.44 bits per heavy atom. The fourth-order valence-electron chi connectivity index (χ4n) is 2.21. The van der Waals surface area contributed by atoms with Crippen molar-refractivity contribution in [2.45, 2.75) is 25.8 Å². The first-order valence-corrected chi connectivity index (χ1v) is 6.25. The molecule has 0 spiro atoms. The van der Waals surface area contributed by atoms with E-state index in [1.165, 1.54) is 6.07 Å². The highest BCUT2D eigenvalue weighted by atomic mass is 35.5. The van der Waals surface area contributed by atoms with Gasteiger partial charge in [0.2, 0.25) is 0 Å². The summed E-state index contributed by atoms with van der Waals surface area (Å²) in [6.07, 6.45) is 2.29. The maximum atomic E-state index is 13.1. The third-order valence-corrected chi connectivity index (χ3v) is 3.52. The molecule has 2 aromatic rings. The van der Waals surface area contributed by atoms with Crippen LogP contribution in [0.3, 0.4) is 0 Å². The predicted molar refractivity (Wildman–Crippen MR) is 70.1 cm³/mol. The molecule has 2 N–H and O–H groups in total. The predicted octanol–water partition coefficient (Wildman–Crippen LogP) is 3.57. The number of benzene rings is 1. The van der Waals surface area contributed by atoms with Crippen LogP contribution in [0.5, 0.6) is 0 Å². The molecular weight excluding hydrogens is 253 g/mol. The molecule has 1 fully saturated rings. The van der Waals surface area contributed by atoms with E-state index in [2.05, 4.69) is 4.98 Å². The zero-order valence-corrected chi connectivity index (χ0v) is 10.7. The van der Waals surface area contributed by atoms with E-state index in [4.69, 9.17) is 17.3 Å². The minimum atomic E-state index is -0.433. The normalized spacial score (nSPS) is 15.1. The summed E-state index contributed by atoms with van der Waals surface area (Å²) < 4.78 is 15.2. The minimum absolute atomic E-state index is 0.0884. The average Bonchev–Trinajstić information content (AvgIpc) is 3.10. The maximum absolute atomic E-state index is 13.1. The van der Waals surface area contributed by atoms with E-state index in [0.717, 1.165) is 24.2 Å². The number of rotatable bonds is 2. The molecule has 0 unspecified atom stereocenters. The monoisotopic (exact) mass is 265 g/mol. The van der Waals surface area contributed by atoms with Crippen molar-refractivity contribution in [2.24, 2.45) is 0 Å². The van der Waals surface area contributed by atoms with E-state index in [1.54, 1.807) is 12.1 Å². The van der Waals surface area contributed by atoms with Gasteiger partial charge in [-0.3, -0.25) is 0 Å². The number of aryl methyl sites for hydroxylation is 1. The zero-order chi connectivity index (χ0) is 12.9. The Morgan fingerprint density at radius 2 is 2.17 bits per heavy atom. The molecule has 1 aliphatic carbocycles. The summed E-state index contributed by atoms with van der Waals surface area (Å²) in [4.78, 5) is 4.47. The van der Waals surface area contributed by atoms with Gasteiger partial charge in [-0.1, -0.05) is 11.6 Å². The molecular formula is C13H13ClFN3. The SMILES string of the molecule is Cc1nc(-c2ccc(F)c(Cl)c2)c(N)n1C1CC1. The molecule has 0 atom stereocenters. The first-order chi connectivity index (χ1) is 8.58. The molecule has 1 aromatic carbocycles. The number of imidazole rings is 1. The molecule has 18 heavy (non-hydrogen) atoms. The van der Waals surface area contributed by atoms with Gasteiger partial charge in [-0.05, 0) is 38.0 Å².